The standard InChI is InChI=1S/C14H19N3O3/c18-13-6-10(3-4-15-13)14(19)16-7-12-8-17-5-1-2-11(17)9-20-12/h3-4,6,11-12H,1-2,5,7-9H2,(H,15,18)(H,16,19). The molecule has 1 amide bonds. The summed E-state index contributed by atoms with van der Waals surface area (Å²) in [4.78, 5) is 28.0. The average Bonchev–Trinajstić information content (AvgIpc) is 2.92. The maximum absolute atomic E-state index is 11.9. The van der Waals surface area contributed by atoms with Crippen molar-refractivity contribution in [2.45, 2.75) is 25.0 Å². The molecule has 6 heteroatoms. The number of morpholine rings is 1. The van der Waals surface area contributed by atoms with Crippen LogP contribution in [0.15, 0.2) is 23.1 Å². The molecular weight excluding hydrogens is 258 g/mol. The maximum Gasteiger partial charge on any atom is 0.251 e. The van der Waals surface area contributed by atoms with Gasteiger partial charge in [0.1, 0.15) is 0 Å². The molecule has 2 saturated heterocycles. The van der Waals surface area contributed by atoms with E-state index >= 15 is 0 Å². The average molecular weight is 277 g/mol. The second-order valence-corrected chi connectivity index (χ2v) is 5.40. The molecule has 2 aliphatic rings. The number of aromatic amines is 1. The van der Waals surface area contributed by atoms with Crippen LogP contribution in [0.5, 0.6) is 0 Å². The summed E-state index contributed by atoms with van der Waals surface area (Å²) in [6.07, 6.45) is 3.96. The lowest BCUT2D eigenvalue weighted by Gasteiger charge is -2.35. The number of H-pyrrole nitrogens is 1. The summed E-state index contributed by atoms with van der Waals surface area (Å²) in [5.41, 5.74) is 0.107. The number of aromatic nitrogens is 1. The van der Waals surface area contributed by atoms with E-state index in [0.29, 0.717) is 18.2 Å². The highest BCUT2D eigenvalue weighted by Crippen LogP contribution is 2.22. The molecule has 3 heterocycles. The number of hydrogen-bond acceptors (Lipinski definition) is 4. The van der Waals surface area contributed by atoms with Gasteiger partial charge in [-0.05, 0) is 25.5 Å². The van der Waals surface area contributed by atoms with Gasteiger partial charge in [-0.15, -0.1) is 0 Å². The van der Waals surface area contributed by atoms with Gasteiger partial charge in [-0.1, -0.05) is 0 Å². The zero-order chi connectivity index (χ0) is 13.9. The van der Waals surface area contributed by atoms with E-state index in [1.54, 1.807) is 6.07 Å². The Kier molecular flexibility index (Phi) is 3.84. The monoisotopic (exact) mass is 277 g/mol. The van der Waals surface area contributed by atoms with Crippen molar-refractivity contribution >= 4 is 5.91 Å². The molecule has 3 rings (SSSR count). The van der Waals surface area contributed by atoms with Gasteiger partial charge in [0.05, 0.1) is 12.7 Å². The van der Waals surface area contributed by atoms with E-state index < -0.39 is 0 Å². The molecule has 20 heavy (non-hydrogen) atoms. The molecule has 0 aliphatic carbocycles. The van der Waals surface area contributed by atoms with Crippen LogP contribution in [0.4, 0.5) is 0 Å². The van der Waals surface area contributed by atoms with E-state index in [-0.39, 0.29) is 17.6 Å². The highest BCUT2D eigenvalue weighted by atomic mass is 16.5. The molecule has 0 spiro atoms. The van der Waals surface area contributed by atoms with Crippen molar-refractivity contribution in [2.75, 3.05) is 26.2 Å². The fourth-order valence-electron chi connectivity index (χ4n) is 2.90. The molecule has 2 aliphatic heterocycles. The van der Waals surface area contributed by atoms with Crippen LogP contribution < -0.4 is 10.9 Å². The van der Waals surface area contributed by atoms with Crippen LogP contribution in [-0.2, 0) is 4.74 Å². The van der Waals surface area contributed by atoms with E-state index in [9.17, 15) is 9.59 Å². The Labute approximate surface area is 117 Å². The van der Waals surface area contributed by atoms with Crippen LogP contribution in [0.3, 0.4) is 0 Å². The Balaban J connectivity index is 1.52. The molecule has 0 radical (unpaired) electrons. The van der Waals surface area contributed by atoms with Gasteiger partial charge in [-0.25, -0.2) is 0 Å². The third kappa shape index (κ3) is 2.91. The minimum atomic E-state index is -0.272. The summed E-state index contributed by atoms with van der Waals surface area (Å²) < 4.78 is 5.78. The van der Waals surface area contributed by atoms with Crippen LogP contribution in [0, 0.1) is 0 Å². The van der Waals surface area contributed by atoms with Crippen LogP contribution in [-0.4, -0.2) is 54.2 Å². The number of rotatable bonds is 3. The molecule has 1 aromatic heterocycles. The Bertz CT molecular complexity index is 542. The highest BCUT2D eigenvalue weighted by Gasteiger charge is 2.32. The summed E-state index contributed by atoms with van der Waals surface area (Å²) in [7, 11) is 0. The summed E-state index contributed by atoms with van der Waals surface area (Å²) >= 11 is 0. The van der Waals surface area contributed by atoms with Crippen LogP contribution in [0.1, 0.15) is 23.2 Å². The lowest BCUT2D eigenvalue weighted by Crippen LogP contribution is -2.50. The van der Waals surface area contributed by atoms with Crippen molar-refractivity contribution < 1.29 is 9.53 Å². The first kappa shape index (κ1) is 13.3. The van der Waals surface area contributed by atoms with Crippen molar-refractivity contribution in [3.63, 3.8) is 0 Å². The molecular formula is C14H19N3O3. The predicted molar refractivity (Wildman–Crippen MR) is 73.7 cm³/mol. The van der Waals surface area contributed by atoms with Gasteiger partial charge >= 0.3 is 0 Å². The van der Waals surface area contributed by atoms with E-state index in [4.69, 9.17) is 4.74 Å². The zero-order valence-electron chi connectivity index (χ0n) is 11.3. The third-order valence-electron chi connectivity index (χ3n) is 3.99. The second kappa shape index (κ2) is 5.76. The highest BCUT2D eigenvalue weighted by molar-refractivity contribution is 5.93. The van der Waals surface area contributed by atoms with Crippen molar-refractivity contribution in [1.29, 1.82) is 0 Å². The van der Waals surface area contributed by atoms with Gasteiger partial charge in [-0.3, -0.25) is 14.5 Å². The van der Waals surface area contributed by atoms with E-state index in [0.717, 1.165) is 19.7 Å². The molecule has 2 N–H and O–H groups in total. The van der Waals surface area contributed by atoms with Crippen molar-refractivity contribution in [2.24, 2.45) is 0 Å². The lowest BCUT2D eigenvalue weighted by molar-refractivity contribution is -0.0461. The van der Waals surface area contributed by atoms with Gasteiger partial charge in [-0.2, -0.15) is 0 Å². The molecule has 6 nitrogen and oxygen atoms in total. The lowest BCUT2D eigenvalue weighted by atomic mass is 10.2. The largest absolute Gasteiger partial charge is 0.373 e. The number of fused-ring (bicyclic) bond motifs is 1. The SMILES string of the molecule is O=C(NCC1CN2CCCC2CO1)c1cc[nH]c(=O)c1. The molecule has 0 bridgehead atoms. The number of hydrogen-bond donors (Lipinski definition) is 2. The number of amides is 1. The third-order valence-corrected chi connectivity index (χ3v) is 3.99. The number of carbonyl (C=O) groups excluding carboxylic acids is 1. The second-order valence-electron chi connectivity index (χ2n) is 5.40. The topological polar surface area (TPSA) is 74.4 Å². The first-order chi connectivity index (χ1) is 9.72. The Hall–Kier alpha value is -1.66. The maximum atomic E-state index is 11.9. The smallest absolute Gasteiger partial charge is 0.251 e. The summed E-state index contributed by atoms with van der Waals surface area (Å²) in [5.74, 6) is -0.233. The molecule has 0 aromatic carbocycles. The number of nitrogens with zero attached hydrogens (tertiary/aromatic N) is 1. The summed E-state index contributed by atoms with van der Waals surface area (Å²) in [6, 6.07) is 3.46. The number of ether oxygens (including phenoxy) is 1. The minimum absolute atomic E-state index is 0.0373. The number of nitrogens with one attached hydrogen (secondary N) is 2. The van der Waals surface area contributed by atoms with E-state index in [2.05, 4.69) is 15.2 Å². The normalized spacial score (nSPS) is 26.2. The fraction of sp³-hybridized carbons (Fsp3) is 0.571. The van der Waals surface area contributed by atoms with Gasteiger partial charge in [0.15, 0.2) is 0 Å². The predicted octanol–water partition coefficient (Wildman–Crippen LogP) is -0.0321. The molecule has 0 saturated carbocycles. The summed E-state index contributed by atoms with van der Waals surface area (Å²) in [6.45, 7) is 3.24. The van der Waals surface area contributed by atoms with Crippen LogP contribution >= 0.6 is 0 Å². The van der Waals surface area contributed by atoms with Crippen LogP contribution in [0.25, 0.3) is 0 Å². The molecule has 108 valence electrons. The fourth-order valence-corrected chi connectivity index (χ4v) is 2.90. The molecule has 2 atom stereocenters. The van der Waals surface area contributed by atoms with Gasteiger partial charge < -0.3 is 15.0 Å². The molecule has 1 aromatic rings. The minimum Gasteiger partial charge on any atom is -0.373 e. The van der Waals surface area contributed by atoms with Gasteiger partial charge in [0.25, 0.3) is 5.91 Å². The molecule has 2 fully saturated rings. The van der Waals surface area contributed by atoms with Gasteiger partial charge in [0, 0.05) is 37.0 Å². The first-order valence-corrected chi connectivity index (χ1v) is 7.05. The Morgan fingerprint density at radius 1 is 1.55 bits per heavy atom. The number of carbonyl (C=O) groups is 1. The van der Waals surface area contributed by atoms with Crippen LogP contribution in [0.2, 0.25) is 0 Å². The van der Waals surface area contributed by atoms with E-state index in [1.807, 2.05) is 0 Å². The first-order valence-electron chi connectivity index (χ1n) is 7.05. The zero-order valence-corrected chi connectivity index (χ0v) is 11.3. The Morgan fingerprint density at radius 2 is 2.45 bits per heavy atom. The van der Waals surface area contributed by atoms with Crippen molar-refractivity contribution in [3.05, 3.63) is 34.2 Å². The molecule has 2 unspecified atom stereocenters. The number of pyridine rings is 1. The Morgan fingerprint density at radius 3 is 3.30 bits per heavy atom. The summed E-state index contributed by atoms with van der Waals surface area (Å²) in [5, 5.41) is 2.83. The quantitative estimate of drug-likeness (QED) is 0.813. The van der Waals surface area contributed by atoms with Gasteiger partial charge in [0.2, 0.25) is 5.56 Å². The van der Waals surface area contributed by atoms with Crippen molar-refractivity contribution in [1.82, 2.24) is 15.2 Å². The van der Waals surface area contributed by atoms with Crippen molar-refractivity contribution in [3.8, 4) is 0 Å². The van der Waals surface area contributed by atoms with E-state index in [1.165, 1.54) is 25.1 Å².